The van der Waals surface area contributed by atoms with Gasteiger partial charge in [-0.3, -0.25) is 18.9 Å². The van der Waals surface area contributed by atoms with Gasteiger partial charge in [-0.25, -0.2) is 10.2 Å². The molecule has 3 rings (SSSR count). The molecule has 0 fully saturated rings. The number of anilines is 1. The molecule has 0 saturated heterocycles. The van der Waals surface area contributed by atoms with Crippen LogP contribution in [0.1, 0.15) is 12.5 Å². The van der Waals surface area contributed by atoms with Crippen molar-refractivity contribution < 1.29 is 4.74 Å². The zero-order valence-electron chi connectivity index (χ0n) is 15.3. The number of hydrogen-bond acceptors (Lipinski definition) is 6. The largest absolute Gasteiger partial charge is 0.497 e. The second-order valence-electron chi connectivity index (χ2n) is 5.75. The molecule has 0 spiro atoms. The van der Waals surface area contributed by atoms with Crippen LogP contribution < -0.4 is 21.4 Å². The van der Waals surface area contributed by atoms with Gasteiger partial charge in [0.25, 0.3) is 5.56 Å². The van der Waals surface area contributed by atoms with Crippen molar-refractivity contribution in [2.45, 2.75) is 13.5 Å². The summed E-state index contributed by atoms with van der Waals surface area (Å²) in [4.78, 5) is 30.8. The molecule has 2 aromatic heterocycles. The van der Waals surface area contributed by atoms with Crippen LogP contribution in [-0.4, -0.2) is 32.4 Å². The van der Waals surface area contributed by atoms with Gasteiger partial charge < -0.3 is 4.74 Å². The highest BCUT2D eigenvalue weighted by Crippen LogP contribution is 2.15. The minimum atomic E-state index is -0.517. The van der Waals surface area contributed by atoms with E-state index in [4.69, 9.17) is 4.74 Å². The normalized spacial score (nSPS) is 11.7. The van der Waals surface area contributed by atoms with Gasteiger partial charge >= 0.3 is 5.69 Å². The highest BCUT2D eigenvalue weighted by Gasteiger charge is 2.16. The van der Waals surface area contributed by atoms with Crippen molar-refractivity contribution in [1.82, 2.24) is 19.1 Å². The van der Waals surface area contributed by atoms with E-state index in [1.807, 2.05) is 43.3 Å². The summed E-state index contributed by atoms with van der Waals surface area (Å²) in [5, 5.41) is 4.19. The van der Waals surface area contributed by atoms with Crippen LogP contribution in [0.2, 0.25) is 0 Å². The van der Waals surface area contributed by atoms with Gasteiger partial charge in [0.1, 0.15) is 5.75 Å². The number of benzene rings is 1. The van der Waals surface area contributed by atoms with Crippen LogP contribution in [0.25, 0.3) is 11.2 Å². The minimum Gasteiger partial charge on any atom is -0.497 e. The van der Waals surface area contributed by atoms with Gasteiger partial charge in [0, 0.05) is 13.6 Å². The fourth-order valence-electron chi connectivity index (χ4n) is 2.56. The van der Waals surface area contributed by atoms with Crippen molar-refractivity contribution in [2.24, 2.45) is 12.1 Å². The first-order valence-corrected chi connectivity index (χ1v) is 8.29. The number of rotatable bonds is 6. The summed E-state index contributed by atoms with van der Waals surface area (Å²) < 4.78 is 8.08. The van der Waals surface area contributed by atoms with Crippen LogP contribution in [0.15, 0.2) is 51.1 Å². The molecule has 0 bridgehead atoms. The number of allylic oxidation sites excluding steroid dienone is 2. The number of aryl methyl sites for hydroxylation is 1. The third-order valence-corrected chi connectivity index (χ3v) is 4.02. The lowest BCUT2D eigenvalue weighted by Crippen LogP contribution is -2.29. The third-order valence-electron chi connectivity index (χ3n) is 4.02. The average Bonchev–Trinajstić information content (AvgIpc) is 3.04. The van der Waals surface area contributed by atoms with E-state index in [0.717, 1.165) is 11.3 Å². The summed E-state index contributed by atoms with van der Waals surface area (Å²) >= 11 is 0. The number of hydrogen-bond donors (Lipinski definition) is 2. The van der Waals surface area contributed by atoms with E-state index in [0.29, 0.717) is 18.0 Å². The number of methoxy groups -OCH3 is 1. The maximum Gasteiger partial charge on any atom is 0.329 e. The number of aromatic amines is 1. The molecule has 9 heteroatoms. The zero-order valence-corrected chi connectivity index (χ0v) is 15.3. The molecule has 9 nitrogen and oxygen atoms in total. The monoisotopic (exact) mass is 368 g/mol. The predicted molar refractivity (Wildman–Crippen MR) is 105 cm³/mol. The number of nitrogens with one attached hydrogen (secondary N) is 2. The Bertz CT molecular complexity index is 1120. The summed E-state index contributed by atoms with van der Waals surface area (Å²) in [6.45, 7) is 2.29. The SMILES string of the molecule is C/C=C/Cn1c(NN=Cc2ccc(OC)cc2)nc2c1c(=O)[nH]c(=O)n2C. The van der Waals surface area contributed by atoms with Crippen molar-refractivity contribution in [3.63, 3.8) is 0 Å². The molecule has 1 aromatic carbocycles. The number of hydrazone groups is 1. The third kappa shape index (κ3) is 3.66. The molecule has 3 aromatic rings. The minimum absolute atomic E-state index is 0.287. The fraction of sp³-hybridized carbons (Fsp3) is 0.222. The van der Waals surface area contributed by atoms with Crippen molar-refractivity contribution in [1.29, 1.82) is 0 Å². The van der Waals surface area contributed by atoms with Gasteiger partial charge in [-0.1, -0.05) is 12.2 Å². The van der Waals surface area contributed by atoms with Crippen LogP contribution >= 0.6 is 0 Å². The topological polar surface area (TPSA) is 106 Å². The molecule has 0 aliphatic rings. The average molecular weight is 368 g/mol. The number of fused-ring (bicyclic) bond motifs is 1. The van der Waals surface area contributed by atoms with Crippen LogP contribution in [0.5, 0.6) is 5.75 Å². The van der Waals surface area contributed by atoms with Gasteiger partial charge in [-0.05, 0) is 36.8 Å². The number of aromatic nitrogens is 4. The lowest BCUT2D eigenvalue weighted by molar-refractivity contribution is 0.415. The Kier molecular flexibility index (Phi) is 5.20. The second kappa shape index (κ2) is 7.73. The summed E-state index contributed by atoms with van der Waals surface area (Å²) in [7, 11) is 3.16. The van der Waals surface area contributed by atoms with Crippen LogP contribution in [0.4, 0.5) is 5.95 Å². The number of H-pyrrole nitrogens is 1. The Morgan fingerprint density at radius 3 is 2.70 bits per heavy atom. The predicted octanol–water partition coefficient (Wildman–Crippen LogP) is 1.45. The van der Waals surface area contributed by atoms with E-state index < -0.39 is 11.2 Å². The molecule has 140 valence electrons. The molecule has 0 aliphatic carbocycles. The molecule has 0 saturated carbocycles. The highest BCUT2D eigenvalue weighted by atomic mass is 16.5. The Morgan fingerprint density at radius 1 is 1.30 bits per heavy atom. The number of nitrogens with zero attached hydrogens (tertiary/aromatic N) is 4. The Hall–Kier alpha value is -3.62. The van der Waals surface area contributed by atoms with E-state index in [9.17, 15) is 9.59 Å². The molecular weight excluding hydrogens is 348 g/mol. The quantitative estimate of drug-likeness (QED) is 0.389. The molecule has 0 atom stereocenters. The molecule has 0 aliphatic heterocycles. The van der Waals surface area contributed by atoms with E-state index in [2.05, 4.69) is 20.5 Å². The molecule has 2 heterocycles. The lowest BCUT2D eigenvalue weighted by Gasteiger charge is -2.05. The molecule has 0 unspecified atom stereocenters. The van der Waals surface area contributed by atoms with E-state index >= 15 is 0 Å². The van der Waals surface area contributed by atoms with E-state index in [1.54, 1.807) is 24.9 Å². The summed E-state index contributed by atoms with van der Waals surface area (Å²) in [5.41, 5.74) is 3.30. The standard InChI is InChI=1S/C18H20N6O3/c1-4-5-10-24-14-15(23(2)18(26)21-16(14)25)20-17(24)22-19-11-12-6-8-13(27-3)9-7-12/h4-9,11H,10H2,1-3H3,(H,20,22)(H,21,25,26)/b5-4+,19-11?. The van der Waals surface area contributed by atoms with Crippen molar-refractivity contribution >= 4 is 23.3 Å². The van der Waals surface area contributed by atoms with Crippen LogP contribution in [-0.2, 0) is 13.6 Å². The molecule has 2 N–H and O–H groups in total. The van der Waals surface area contributed by atoms with Gasteiger partial charge in [-0.15, -0.1) is 0 Å². The zero-order chi connectivity index (χ0) is 19.4. The molecular formula is C18H20N6O3. The first-order valence-electron chi connectivity index (χ1n) is 8.29. The lowest BCUT2D eigenvalue weighted by atomic mass is 10.2. The van der Waals surface area contributed by atoms with Crippen LogP contribution in [0.3, 0.4) is 0 Å². The Morgan fingerprint density at radius 2 is 2.04 bits per heavy atom. The maximum atomic E-state index is 12.3. The Balaban J connectivity index is 1.98. The maximum absolute atomic E-state index is 12.3. The summed E-state index contributed by atoms with van der Waals surface area (Å²) in [5.74, 6) is 1.12. The van der Waals surface area contributed by atoms with E-state index in [1.165, 1.54) is 4.57 Å². The van der Waals surface area contributed by atoms with Gasteiger partial charge in [-0.2, -0.15) is 10.1 Å². The summed E-state index contributed by atoms with van der Waals surface area (Å²) in [6, 6.07) is 7.39. The van der Waals surface area contributed by atoms with E-state index in [-0.39, 0.29) is 5.65 Å². The van der Waals surface area contributed by atoms with Crippen LogP contribution in [0, 0.1) is 0 Å². The number of ether oxygens (including phenoxy) is 1. The van der Waals surface area contributed by atoms with Gasteiger partial charge in [0.15, 0.2) is 11.2 Å². The molecule has 0 radical (unpaired) electrons. The van der Waals surface area contributed by atoms with Gasteiger partial charge in [0.05, 0.1) is 13.3 Å². The first-order chi connectivity index (χ1) is 13.0. The smallest absolute Gasteiger partial charge is 0.329 e. The first kappa shape index (κ1) is 18.2. The number of imidazole rings is 1. The molecule has 0 amide bonds. The van der Waals surface area contributed by atoms with Crippen molar-refractivity contribution in [3.8, 4) is 5.75 Å². The highest BCUT2D eigenvalue weighted by molar-refractivity contribution is 5.80. The molecule has 27 heavy (non-hydrogen) atoms. The summed E-state index contributed by atoms with van der Waals surface area (Å²) in [6.07, 6.45) is 5.37. The van der Waals surface area contributed by atoms with Gasteiger partial charge in [0.2, 0.25) is 5.95 Å². The van der Waals surface area contributed by atoms with Crippen molar-refractivity contribution in [2.75, 3.05) is 12.5 Å². The second-order valence-corrected chi connectivity index (χ2v) is 5.75. The fourth-order valence-corrected chi connectivity index (χ4v) is 2.56. The van der Waals surface area contributed by atoms with Crippen molar-refractivity contribution in [3.05, 3.63) is 62.8 Å². The Labute approximate surface area is 154 Å².